The van der Waals surface area contributed by atoms with Crippen molar-refractivity contribution in [1.82, 2.24) is 4.72 Å². The third-order valence-corrected chi connectivity index (χ3v) is 4.59. The number of aryl methyl sites for hydroxylation is 1. The highest BCUT2D eigenvalue weighted by molar-refractivity contribution is 7.89. The molecule has 1 aromatic carbocycles. The number of rotatable bonds is 5. The van der Waals surface area contributed by atoms with Crippen LogP contribution in [0.1, 0.15) is 11.5 Å². The van der Waals surface area contributed by atoms with Crippen molar-refractivity contribution in [3.05, 3.63) is 41.9 Å². The molecule has 0 saturated carbocycles. The second-order valence-corrected chi connectivity index (χ2v) is 6.68. The molecule has 0 radical (unpaired) electrons. The summed E-state index contributed by atoms with van der Waals surface area (Å²) >= 11 is 0. The molecule has 0 aliphatic carbocycles. The van der Waals surface area contributed by atoms with Gasteiger partial charge in [0.25, 0.3) is 0 Å². The lowest BCUT2D eigenvalue weighted by Crippen LogP contribution is -2.20. The fourth-order valence-corrected chi connectivity index (χ4v) is 2.82. The highest BCUT2D eigenvalue weighted by atomic mass is 32.2. The van der Waals surface area contributed by atoms with Gasteiger partial charge in [-0.2, -0.15) is 0 Å². The van der Waals surface area contributed by atoms with Crippen LogP contribution >= 0.6 is 0 Å². The lowest BCUT2D eigenvalue weighted by Gasteiger charge is -2.20. The van der Waals surface area contributed by atoms with Crippen molar-refractivity contribution < 1.29 is 12.8 Å². The zero-order valence-corrected chi connectivity index (χ0v) is 13.1. The summed E-state index contributed by atoms with van der Waals surface area (Å²) in [4.78, 5) is 2.05. The molecular weight excluding hydrogens is 290 g/mol. The topological polar surface area (TPSA) is 88.6 Å². The van der Waals surface area contributed by atoms with Crippen molar-refractivity contribution >= 4 is 21.4 Å². The molecule has 1 heterocycles. The summed E-state index contributed by atoms with van der Waals surface area (Å²) in [6.07, 6.45) is 0. The van der Waals surface area contributed by atoms with Gasteiger partial charge < -0.3 is 15.1 Å². The second kappa shape index (κ2) is 5.79. The lowest BCUT2D eigenvalue weighted by molar-refractivity contribution is 0.482. The minimum absolute atomic E-state index is 0.147. The number of hydrogen-bond acceptors (Lipinski definition) is 5. The van der Waals surface area contributed by atoms with Gasteiger partial charge in [0.15, 0.2) is 0 Å². The highest BCUT2D eigenvalue weighted by Gasteiger charge is 2.15. The molecule has 6 nitrogen and oxygen atoms in total. The van der Waals surface area contributed by atoms with E-state index in [-0.39, 0.29) is 4.90 Å². The number of furan rings is 1. The van der Waals surface area contributed by atoms with E-state index < -0.39 is 10.0 Å². The number of sulfonamides is 1. The summed E-state index contributed by atoms with van der Waals surface area (Å²) in [6.45, 7) is 2.44. The van der Waals surface area contributed by atoms with Crippen LogP contribution < -0.4 is 15.4 Å². The predicted octanol–water partition coefficient (Wildman–Crippen LogP) is 1.71. The molecule has 0 unspecified atom stereocenters. The van der Waals surface area contributed by atoms with Crippen LogP contribution in [0.3, 0.4) is 0 Å². The fourth-order valence-electron chi connectivity index (χ4n) is 2.05. The summed E-state index contributed by atoms with van der Waals surface area (Å²) in [7, 11) is -0.249. The van der Waals surface area contributed by atoms with Crippen molar-refractivity contribution in [3.63, 3.8) is 0 Å². The molecule has 2 aromatic rings. The van der Waals surface area contributed by atoms with Crippen molar-refractivity contribution in [2.45, 2.75) is 18.4 Å². The highest BCUT2D eigenvalue weighted by Crippen LogP contribution is 2.26. The molecule has 0 bridgehead atoms. The van der Waals surface area contributed by atoms with E-state index in [0.29, 0.717) is 12.2 Å². The van der Waals surface area contributed by atoms with Gasteiger partial charge in [-0.1, -0.05) is 0 Å². The summed E-state index contributed by atoms with van der Waals surface area (Å²) in [5.41, 5.74) is 7.12. The molecule has 114 valence electrons. The van der Waals surface area contributed by atoms with E-state index in [1.165, 1.54) is 19.2 Å². The number of nitrogen functional groups attached to an aromatic ring is 1. The quantitative estimate of drug-likeness (QED) is 0.821. The van der Waals surface area contributed by atoms with Gasteiger partial charge in [0.1, 0.15) is 11.5 Å². The monoisotopic (exact) mass is 309 g/mol. The third-order valence-electron chi connectivity index (χ3n) is 3.18. The Labute approximate surface area is 124 Å². The van der Waals surface area contributed by atoms with Crippen LogP contribution in [-0.4, -0.2) is 22.5 Å². The molecule has 3 N–H and O–H groups in total. The number of anilines is 2. The Morgan fingerprint density at radius 1 is 1.29 bits per heavy atom. The first kappa shape index (κ1) is 15.4. The first-order valence-corrected chi connectivity index (χ1v) is 7.91. The van der Waals surface area contributed by atoms with E-state index in [9.17, 15) is 8.42 Å². The molecule has 0 aliphatic rings. The van der Waals surface area contributed by atoms with Gasteiger partial charge >= 0.3 is 0 Å². The number of nitrogens with zero attached hydrogens (tertiary/aromatic N) is 1. The van der Waals surface area contributed by atoms with E-state index in [1.54, 1.807) is 6.07 Å². The predicted molar refractivity (Wildman–Crippen MR) is 82.7 cm³/mol. The number of benzene rings is 1. The minimum Gasteiger partial charge on any atom is -0.464 e. The van der Waals surface area contributed by atoms with Gasteiger partial charge in [-0.25, -0.2) is 13.1 Å². The molecule has 0 saturated heterocycles. The summed E-state index contributed by atoms with van der Waals surface area (Å²) in [6, 6.07) is 8.47. The first-order valence-electron chi connectivity index (χ1n) is 6.43. The molecular formula is C14H19N3O3S. The second-order valence-electron chi connectivity index (χ2n) is 4.80. The van der Waals surface area contributed by atoms with Crippen LogP contribution in [0.2, 0.25) is 0 Å². The van der Waals surface area contributed by atoms with E-state index in [0.717, 1.165) is 17.2 Å². The van der Waals surface area contributed by atoms with Crippen LogP contribution in [0.25, 0.3) is 0 Å². The van der Waals surface area contributed by atoms with Gasteiger partial charge in [0.2, 0.25) is 10.0 Å². The maximum atomic E-state index is 11.7. The van der Waals surface area contributed by atoms with Crippen molar-refractivity contribution in [2.24, 2.45) is 0 Å². The average molecular weight is 309 g/mol. The molecule has 7 heteroatoms. The largest absolute Gasteiger partial charge is 0.464 e. The summed E-state index contributed by atoms with van der Waals surface area (Å²) in [5.74, 6) is 1.67. The number of nitrogens with one attached hydrogen (secondary N) is 1. The smallest absolute Gasteiger partial charge is 0.240 e. The molecule has 0 amide bonds. The van der Waals surface area contributed by atoms with Crippen molar-refractivity contribution in [1.29, 1.82) is 0 Å². The molecule has 0 fully saturated rings. The minimum atomic E-state index is -3.49. The van der Waals surface area contributed by atoms with Crippen LogP contribution in [0, 0.1) is 6.92 Å². The Hall–Kier alpha value is -1.99. The standard InChI is InChI=1S/C14H19N3O3S/c1-10-4-5-11(20-10)9-17(3)14-7-6-12(8-13(14)15)21(18,19)16-2/h4-8,16H,9,15H2,1-3H3. The van der Waals surface area contributed by atoms with Gasteiger partial charge in [0, 0.05) is 7.05 Å². The van der Waals surface area contributed by atoms with E-state index in [2.05, 4.69) is 4.72 Å². The van der Waals surface area contributed by atoms with Crippen LogP contribution in [0.5, 0.6) is 0 Å². The molecule has 2 rings (SSSR count). The van der Waals surface area contributed by atoms with Crippen molar-refractivity contribution in [3.8, 4) is 0 Å². The summed E-state index contributed by atoms with van der Waals surface area (Å²) in [5, 5.41) is 0. The number of nitrogens with two attached hydrogens (primary N) is 1. The Balaban J connectivity index is 2.24. The van der Waals surface area contributed by atoms with Gasteiger partial charge in [-0.3, -0.25) is 0 Å². The maximum absolute atomic E-state index is 11.7. The average Bonchev–Trinajstić information content (AvgIpc) is 2.83. The third kappa shape index (κ3) is 3.37. The molecule has 21 heavy (non-hydrogen) atoms. The van der Waals surface area contributed by atoms with Gasteiger partial charge in [-0.15, -0.1) is 0 Å². The van der Waals surface area contributed by atoms with Crippen LogP contribution in [0.15, 0.2) is 39.6 Å². The Morgan fingerprint density at radius 2 is 2.00 bits per heavy atom. The number of hydrogen-bond donors (Lipinski definition) is 2. The molecule has 0 aliphatic heterocycles. The van der Waals surface area contributed by atoms with Crippen LogP contribution in [0.4, 0.5) is 11.4 Å². The van der Waals surface area contributed by atoms with E-state index >= 15 is 0 Å². The van der Waals surface area contributed by atoms with Gasteiger partial charge in [0.05, 0.1) is 22.8 Å². The lowest BCUT2D eigenvalue weighted by atomic mass is 10.2. The first-order chi connectivity index (χ1) is 9.83. The van der Waals surface area contributed by atoms with E-state index in [1.807, 2.05) is 31.0 Å². The Bertz CT molecular complexity index is 738. The Kier molecular flexibility index (Phi) is 4.24. The normalized spacial score (nSPS) is 11.6. The zero-order valence-electron chi connectivity index (χ0n) is 12.3. The van der Waals surface area contributed by atoms with Crippen LogP contribution in [-0.2, 0) is 16.6 Å². The zero-order chi connectivity index (χ0) is 15.6. The fraction of sp³-hybridized carbons (Fsp3) is 0.286. The Morgan fingerprint density at radius 3 is 2.52 bits per heavy atom. The van der Waals surface area contributed by atoms with Gasteiger partial charge in [-0.05, 0) is 44.3 Å². The SMILES string of the molecule is CNS(=O)(=O)c1ccc(N(C)Cc2ccc(C)o2)c(N)c1. The summed E-state index contributed by atoms with van der Waals surface area (Å²) < 4.78 is 31.3. The molecule has 0 spiro atoms. The molecule has 0 atom stereocenters. The van der Waals surface area contributed by atoms with E-state index in [4.69, 9.17) is 10.2 Å². The molecule has 1 aromatic heterocycles. The van der Waals surface area contributed by atoms with Crippen molar-refractivity contribution in [2.75, 3.05) is 24.7 Å². The maximum Gasteiger partial charge on any atom is 0.240 e.